The van der Waals surface area contributed by atoms with Gasteiger partial charge in [0.15, 0.2) is 0 Å². The van der Waals surface area contributed by atoms with E-state index in [4.69, 9.17) is 4.42 Å². The molecule has 0 spiro atoms. The fourth-order valence-corrected chi connectivity index (χ4v) is 7.91. The molecule has 0 aliphatic heterocycles. The summed E-state index contributed by atoms with van der Waals surface area (Å²) in [5.41, 5.74) is 14.1. The van der Waals surface area contributed by atoms with Crippen molar-refractivity contribution in [2.24, 2.45) is 0 Å². The summed E-state index contributed by atoms with van der Waals surface area (Å²) in [6.45, 7) is 0. The Balaban J connectivity index is 1.27. The highest BCUT2D eigenvalue weighted by Gasteiger charge is 2.25. The Morgan fingerprint density at radius 3 is 1.65 bits per heavy atom. The van der Waals surface area contributed by atoms with Crippen LogP contribution in [-0.4, -0.2) is 0 Å². The van der Waals surface area contributed by atoms with Crippen molar-refractivity contribution in [3.63, 3.8) is 0 Å². The van der Waals surface area contributed by atoms with E-state index in [-0.39, 0.29) is 0 Å². The van der Waals surface area contributed by atoms with Crippen molar-refractivity contribution in [2.45, 2.75) is 0 Å². The van der Waals surface area contributed by atoms with Gasteiger partial charge in [-0.2, -0.15) is 0 Å². The van der Waals surface area contributed by atoms with E-state index >= 15 is 0 Å². The van der Waals surface area contributed by atoms with E-state index < -0.39 is 0 Å². The molecular weight excluding hydrogens is 655 g/mol. The van der Waals surface area contributed by atoms with Gasteiger partial charge < -0.3 is 9.32 Å². The average molecular weight is 690 g/mol. The lowest BCUT2D eigenvalue weighted by molar-refractivity contribution is 0.670. The fraction of sp³-hybridized carbons (Fsp3) is 0. The summed E-state index contributed by atoms with van der Waals surface area (Å²) < 4.78 is 6.82. The molecule has 1 aromatic heterocycles. The Kier molecular flexibility index (Phi) is 7.85. The van der Waals surface area contributed by atoms with Crippen LogP contribution in [0.4, 0.5) is 17.1 Å². The van der Waals surface area contributed by atoms with Gasteiger partial charge in [-0.15, -0.1) is 0 Å². The Hall–Kier alpha value is -7.16. The SMILES string of the molecule is c1ccc(-c2cccc(-c3ccccc3N(c3ccccc3-c3ccc4ccccc4c3)c3ccc(-c4ccccc4)c4oc5ccccc5c34)c2)cc1. The second-order valence-electron chi connectivity index (χ2n) is 13.7. The number of hydrogen-bond acceptors (Lipinski definition) is 2. The third-order valence-corrected chi connectivity index (χ3v) is 10.5. The molecule has 54 heavy (non-hydrogen) atoms. The minimum Gasteiger partial charge on any atom is -0.455 e. The van der Waals surface area contributed by atoms with Crippen LogP contribution < -0.4 is 4.90 Å². The van der Waals surface area contributed by atoms with Gasteiger partial charge in [-0.3, -0.25) is 0 Å². The molecule has 254 valence electrons. The maximum atomic E-state index is 6.82. The average Bonchev–Trinajstić information content (AvgIpc) is 3.65. The Labute approximate surface area is 314 Å². The normalized spacial score (nSPS) is 11.3. The summed E-state index contributed by atoms with van der Waals surface area (Å²) in [6, 6.07) is 75.9. The van der Waals surface area contributed by atoms with Crippen molar-refractivity contribution in [1.82, 2.24) is 0 Å². The standard InChI is InChI=1S/C52H35NO/c1-3-16-36(17-4-1)40-22-15-23-41(34-40)43-24-9-12-27-47(43)53(48-28-13-10-25-44(48)42-31-30-37-18-7-8-21-39(37)35-42)49-33-32-45(38-19-5-2-6-20-38)52-51(49)46-26-11-14-29-50(46)54-52/h1-35H. The number of benzene rings is 9. The summed E-state index contributed by atoms with van der Waals surface area (Å²) in [4.78, 5) is 2.45. The molecule has 10 aromatic rings. The number of furan rings is 1. The molecule has 0 aliphatic carbocycles. The van der Waals surface area contributed by atoms with Gasteiger partial charge in [-0.1, -0.05) is 170 Å². The van der Waals surface area contributed by atoms with Crippen molar-refractivity contribution in [3.8, 4) is 44.5 Å². The quantitative estimate of drug-likeness (QED) is 0.166. The minimum absolute atomic E-state index is 0.865. The van der Waals surface area contributed by atoms with Crippen LogP contribution in [0.15, 0.2) is 217 Å². The van der Waals surface area contributed by atoms with E-state index in [1.165, 1.54) is 21.9 Å². The van der Waals surface area contributed by atoms with Crippen LogP contribution in [-0.2, 0) is 0 Å². The van der Waals surface area contributed by atoms with Gasteiger partial charge in [0.2, 0.25) is 0 Å². The summed E-state index contributed by atoms with van der Waals surface area (Å²) in [6.07, 6.45) is 0. The molecule has 0 atom stereocenters. The molecule has 0 aliphatic rings. The van der Waals surface area contributed by atoms with Gasteiger partial charge in [0.25, 0.3) is 0 Å². The molecule has 0 bridgehead atoms. The maximum Gasteiger partial charge on any atom is 0.145 e. The largest absolute Gasteiger partial charge is 0.455 e. The third kappa shape index (κ3) is 5.53. The fourth-order valence-electron chi connectivity index (χ4n) is 7.91. The van der Waals surface area contributed by atoms with Crippen LogP contribution in [0.3, 0.4) is 0 Å². The number of anilines is 3. The van der Waals surface area contributed by atoms with Crippen LogP contribution >= 0.6 is 0 Å². The van der Waals surface area contributed by atoms with E-state index in [9.17, 15) is 0 Å². The predicted octanol–water partition coefficient (Wildman–Crippen LogP) is 14.9. The Morgan fingerprint density at radius 2 is 0.889 bits per heavy atom. The first-order valence-corrected chi connectivity index (χ1v) is 18.4. The molecule has 10 rings (SSSR count). The molecule has 0 unspecified atom stereocenters. The monoisotopic (exact) mass is 689 g/mol. The highest BCUT2D eigenvalue weighted by Crippen LogP contribution is 2.50. The van der Waals surface area contributed by atoms with Crippen molar-refractivity contribution in [3.05, 3.63) is 212 Å². The topological polar surface area (TPSA) is 16.4 Å². The van der Waals surface area contributed by atoms with Gasteiger partial charge in [-0.25, -0.2) is 0 Å². The van der Waals surface area contributed by atoms with Crippen molar-refractivity contribution in [1.29, 1.82) is 0 Å². The van der Waals surface area contributed by atoms with Gasteiger partial charge in [0, 0.05) is 22.1 Å². The zero-order chi connectivity index (χ0) is 35.8. The summed E-state index contributed by atoms with van der Waals surface area (Å²) in [7, 11) is 0. The van der Waals surface area contributed by atoms with Gasteiger partial charge >= 0.3 is 0 Å². The van der Waals surface area contributed by atoms with Crippen molar-refractivity contribution >= 4 is 49.8 Å². The van der Waals surface area contributed by atoms with E-state index in [1.54, 1.807) is 0 Å². The van der Waals surface area contributed by atoms with Crippen molar-refractivity contribution < 1.29 is 4.42 Å². The molecule has 0 saturated carbocycles. The van der Waals surface area contributed by atoms with E-state index in [0.717, 1.165) is 72.4 Å². The maximum absolute atomic E-state index is 6.82. The van der Waals surface area contributed by atoms with Crippen molar-refractivity contribution in [2.75, 3.05) is 4.90 Å². The molecule has 9 aromatic carbocycles. The molecule has 1 heterocycles. The van der Waals surface area contributed by atoms with Gasteiger partial charge in [-0.05, 0) is 81.1 Å². The summed E-state index contributed by atoms with van der Waals surface area (Å²) in [5, 5.41) is 4.59. The second-order valence-corrected chi connectivity index (χ2v) is 13.7. The summed E-state index contributed by atoms with van der Waals surface area (Å²) in [5.74, 6) is 0. The zero-order valence-electron chi connectivity index (χ0n) is 29.6. The highest BCUT2D eigenvalue weighted by atomic mass is 16.3. The molecule has 0 radical (unpaired) electrons. The molecule has 0 N–H and O–H groups in total. The third-order valence-electron chi connectivity index (χ3n) is 10.5. The van der Waals surface area contributed by atoms with E-state index in [0.29, 0.717) is 0 Å². The smallest absolute Gasteiger partial charge is 0.145 e. The molecular formula is C52H35NO. The number of hydrogen-bond donors (Lipinski definition) is 0. The molecule has 0 amide bonds. The van der Waals surface area contributed by atoms with Gasteiger partial charge in [0.05, 0.1) is 22.4 Å². The summed E-state index contributed by atoms with van der Waals surface area (Å²) >= 11 is 0. The van der Waals surface area contributed by atoms with Crippen LogP contribution in [0, 0.1) is 0 Å². The number of fused-ring (bicyclic) bond motifs is 4. The lowest BCUT2D eigenvalue weighted by Crippen LogP contribution is -2.13. The first-order chi connectivity index (χ1) is 26.8. The number of nitrogens with zero attached hydrogens (tertiary/aromatic N) is 1. The first kappa shape index (κ1) is 31.6. The molecule has 0 saturated heterocycles. The Morgan fingerprint density at radius 1 is 0.315 bits per heavy atom. The van der Waals surface area contributed by atoms with Gasteiger partial charge in [0.1, 0.15) is 11.2 Å². The predicted molar refractivity (Wildman–Crippen MR) is 228 cm³/mol. The highest BCUT2D eigenvalue weighted by molar-refractivity contribution is 6.18. The van der Waals surface area contributed by atoms with E-state index in [2.05, 4.69) is 211 Å². The molecule has 2 heteroatoms. The van der Waals surface area contributed by atoms with E-state index in [1.807, 2.05) is 6.07 Å². The Bertz CT molecular complexity index is 2940. The zero-order valence-corrected chi connectivity index (χ0v) is 29.6. The number of para-hydroxylation sites is 3. The lowest BCUT2D eigenvalue weighted by atomic mass is 9.94. The first-order valence-electron chi connectivity index (χ1n) is 18.4. The van der Waals surface area contributed by atoms with Crippen LogP contribution in [0.1, 0.15) is 0 Å². The second kappa shape index (κ2) is 13.4. The molecule has 0 fully saturated rings. The molecule has 2 nitrogen and oxygen atoms in total. The minimum atomic E-state index is 0.865. The van der Waals surface area contributed by atoms with Crippen LogP contribution in [0.2, 0.25) is 0 Å². The number of rotatable bonds is 7. The van der Waals surface area contributed by atoms with Crippen LogP contribution in [0.5, 0.6) is 0 Å². The lowest BCUT2D eigenvalue weighted by Gasteiger charge is -2.31. The van der Waals surface area contributed by atoms with Crippen LogP contribution in [0.25, 0.3) is 77.2 Å².